The van der Waals surface area contributed by atoms with E-state index in [1.54, 1.807) is 36.0 Å². The number of fused-ring (bicyclic) bond motifs is 2. The maximum atomic E-state index is 12.9. The normalized spacial score (nSPS) is 21.3. The smallest absolute Gasteiger partial charge is 0.261 e. The molecule has 0 unspecified atom stereocenters. The van der Waals surface area contributed by atoms with Gasteiger partial charge in [0, 0.05) is 17.8 Å². The Morgan fingerprint density at radius 3 is 2.63 bits per heavy atom. The number of H-pyrrole nitrogens is 1. The molecular weight excluding hydrogens is 398 g/mol. The van der Waals surface area contributed by atoms with Gasteiger partial charge in [-0.1, -0.05) is 19.1 Å². The van der Waals surface area contributed by atoms with Crippen molar-refractivity contribution < 1.29 is 14.3 Å². The van der Waals surface area contributed by atoms with Gasteiger partial charge in [0.25, 0.3) is 11.8 Å². The Bertz CT molecular complexity index is 1090. The first kappa shape index (κ1) is 19.2. The van der Waals surface area contributed by atoms with Gasteiger partial charge in [0.15, 0.2) is 0 Å². The van der Waals surface area contributed by atoms with Gasteiger partial charge in [-0.25, -0.2) is 0 Å². The summed E-state index contributed by atoms with van der Waals surface area (Å²) < 4.78 is 6.44. The van der Waals surface area contributed by atoms with Gasteiger partial charge in [-0.3, -0.25) is 19.6 Å². The van der Waals surface area contributed by atoms with Crippen LogP contribution in [0.3, 0.4) is 0 Å². The van der Waals surface area contributed by atoms with Crippen molar-refractivity contribution >= 4 is 34.5 Å². The van der Waals surface area contributed by atoms with Crippen molar-refractivity contribution in [3.8, 4) is 5.75 Å². The van der Waals surface area contributed by atoms with Crippen molar-refractivity contribution in [2.45, 2.75) is 49.6 Å². The lowest BCUT2D eigenvalue weighted by Gasteiger charge is -2.34. The summed E-state index contributed by atoms with van der Waals surface area (Å²) in [5.74, 6) is 1.43. The molecule has 1 N–H and O–H groups in total. The molecule has 3 aromatic rings. The number of rotatable bonds is 5. The van der Waals surface area contributed by atoms with Gasteiger partial charge in [-0.15, -0.1) is 11.8 Å². The average Bonchev–Trinajstić information content (AvgIpc) is 3.34. The van der Waals surface area contributed by atoms with Crippen molar-refractivity contribution in [3.05, 3.63) is 53.7 Å². The highest BCUT2D eigenvalue weighted by atomic mass is 32.2. The summed E-state index contributed by atoms with van der Waals surface area (Å²) in [5.41, 5.74) is 2.01. The maximum absolute atomic E-state index is 12.9. The third-order valence-corrected chi connectivity index (χ3v) is 6.91. The van der Waals surface area contributed by atoms with E-state index in [0.717, 1.165) is 46.6 Å². The second-order valence-electron chi connectivity index (χ2n) is 7.74. The van der Waals surface area contributed by atoms with E-state index in [1.807, 2.05) is 18.3 Å². The molecule has 154 valence electrons. The molecule has 7 heteroatoms. The number of carbonyl (C=O) groups excluding carboxylic acids is 2. The summed E-state index contributed by atoms with van der Waals surface area (Å²) in [6.07, 6.45) is 5.12. The molecule has 6 nitrogen and oxygen atoms in total. The van der Waals surface area contributed by atoms with E-state index in [4.69, 9.17) is 4.74 Å². The van der Waals surface area contributed by atoms with Gasteiger partial charge >= 0.3 is 0 Å². The van der Waals surface area contributed by atoms with Gasteiger partial charge in [0.2, 0.25) is 0 Å². The lowest BCUT2D eigenvalue weighted by Crippen LogP contribution is -2.44. The maximum Gasteiger partial charge on any atom is 0.261 e. The number of hydrogen-bond acceptors (Lipinski definition) is 5. The van der Waals surface area contributed by atoms with E-state index in [0.29, 0.717) is 17.5 Å². The Balaban J connectivity index is 1.37. The molecule has 1 aliphatic carbocycles. The number of amides is 2. The van der Waals surface area contributed by atoms with Crippen LogP contribution in [0.15, 0.2) is 47.5 Å². The molecular formula is C23H23N3O3S. The largest absolute Gasteiger partial charge is 0.489 e. The zero-order valence-electron chi connectivity index (χ0n) is 16.8. The third-order valence-electron chi connectivity index (χ3n) is 5.91. The summed E-state index contributed by atoms with van der Waals surface area (Å²) in [7, 11) is 0. The molecule has 1 aromatic heterocycles. The number of nitrogens with zero attached hydrogens (tertiary/aromatic N) is 2. The molecule has 1 fully saturated rings. The van der Waals surface area contributed by atoms with Crippen molar-refractivity contribution in [3.63, 3.8) is 0 Å². The lowest BCUT2D eigenvalue weighted by atomic mass is 9.91. The first-order valence-corrected chi connectivity index (χ1v) is 11.4. The van der Waals surface area contributed by atoms with E-state index in [2.05, 4.69) is 17.1 Å². The summed E-state index contributed by atoms with van der Waals surface area (Å²) in [4.78, 5) is 28.3. The number of imide groups is 1. The summed E-state index contributed by atoms with van der Waals surface area (Å²) >= 11 is 1.74. The van der Waals surface area contributed by atoms with Crippen LogP contribution in [0.25, 0.3) is 10.9 Å². The van der Waals surface area contributed by atoms with Gasteiger partial charge in [-0.2, -0.15) is 5.10 Å². The summed E-state index contributed by atoms with van der Waals surface area (Å²) in [5, 5.41) is 8.23. The van der Waals surface area contributed by atoms with Crippen molar-refractivity contribution in [2.75, 3.05) is 5.75 Å². The van der Waals surface area contributed by atoms with E-state index < -0.39 is 0 Å². The SMILES string of the molecule is CCSc1c(O[C@H]2CCC[C@H](N3C(=O)c4ccccc4C3=O)C2)ccc2[nH]ncc12. The molecule has 2 atom stereocenters. The van der Waals surface area contributed by atoms with Crippen LogP contribution >= 0.6 is 11.8 Å². The zero-order valence-corrected chi connectivity index (χ0v) is 17.6. The van der Waals surface area contributed by atoms with Crippen molar-refractivity contribution in [1.29, 1.82) is 0 Å². The van der Waals surface area contributed by atoms with E-state index in [9.17, 15) is 9.59 Å². The van der Waals surface area contributed by atoms with Crippen molar-refractivity contribution in [1.82, 2.24) is 15.1 Å². The molecule has 2 heterocycles. The number of nitrogens with one attached hydrogen (secondary N) is 1. The quantitative estimate of drug-likeness (QED) is 0.479. The predicted molar refractivity (Wildman–Crippen MR) is 116 cm³/mol. The minimum Gasteiger partial charge on any atom is -0.489 e. The number of aromatic nitrogens is 2. The molecule has 5 rings (SSSR count). The Kier molecular flexibility index (Phi) is 4.98. The number of ether oxygens (including phenoxy) is 1. The van der Waals surface area contributed by atoms with E-state index in [1.165, 1.54) is 4.90 Å². The lowest BCUT2D eigenvalue weighted by molar-refractivity contribution is 0.0448. The molecule has 2 aromatic carbocycles. The van der Waals surface area contributed by atoms with Crippen LogP contribution < -0.4 is 4.74 Å². The van der Waals surface area contributed by atoms with Crippen LogP contribution in [0.5, 0.6) is 5.75 Å². The number of thioether (sulfide) groups is 1. The first-order chi connectivity index (χ1) is 14.7. The third kappa shape index (κ3) is 3.17. The Hall–Kier alpha value is -2.80. The summed E-state index contributed by atoms with van der Waals surface area (Å²) in [6, 6.07) is 10.9. The first-order valence-electron chi connectivity index (χ1n) is 10.4. The fraction of sp³-hybridized carbons (Fsp3) is 0.348. The molecule has 2 amide bonds. The number of hydrogen-bond donors (Lipinski definition) is 1. The van der Waals surface area contributed by atoms with Crippen LogP contribution in [0, 0.1) is 0 Å². The Morgan fingerprint density at radius 2 is 1.90 bits per heavy atom. The highest BCUT2D eigenvalue weighted by molar-refractivity contribution is 7.99. The van der Waals surface area contributed by atoms with Crippen LogP contribution in [0.4, 0.5) is 0 Å². The van der Waals surface area contributed by atoms with Crippen LogP contribution in [-0.4, -0.2) is 44.8 Å². The molecule has 0 saturated heterocycles. The minimum atomic E-state index is -0.178. The fourth-order valence-corrected chi connectivity index (χ4v) is 5.40. The topological polar surface area (TPSA) is 75.3 Å². The minimum absolute atomic E-state index is 0.0337. The Labute approximate surface area is 179 Å². The second-order valence-corrected chi connectivity index (χ2v) is 9.02. The molecule has 1 aliphatic heterocycles. The molecule has 0 bridgehead atoms. The monoisotopic (exact) mass is 421 g/mol. The van der Waals surface area contributed by atoms with Gasteiger partial charge in [0.1, 0.15) is 11.9 Å². The van der Waals surface area contributed by atoms with Gasteiger partial charge in [0.05, 0.1) is 27.7 Å². The zero-order chi connectivity index (χ0) is 20.7. The number of benzene rings is 2. The second kappa shape index (κ2) is 7.80. The summed E-state index contributed by atoms with van der Waals surface area (Å²) in [6.45, 7) is 2.12. The van der Waals surface area contributed by atoms with E-state index in [-0.39, 0.29) is 24.0 Å². The number of carbonyl (C=O) groups is 2. The van der Waals surface area contributed by atoms with Crippen LogP contribution in [0.2, 0.25) is 0 Å². The van der Waals surface area contributed by atoms with E-state index >= 15 is 0 Å². The Morgan fingerprint density at radius 1 is 1.13 bits per heavy atom. The molecule has 0 spiro atoms. The van der Waals surface area contributed by atoms with Crippen LogP contribution in [0.1, 0.15) is 53.3 Å². The molecule has 0 radical (unpaired) electrons. The van der Waals surface area contributed by atoms with Crippen molar-refractivity contribution in [2.24, 2.45) is 0 Å². The standard InChI is InChI=1S/C23H23N3O3S/c1-2-30-21-18-13-24-25-19(18)10-11-20(21)29-15-7-5-6-14(12-15)26-22(27)16-8-3-4-9-17(16)23(26)28/h3-4,8-11,13-15H,2,5-7,12H2,1H3,(H,24,25)/t14-,15-/m0/s1. The molecule has 30 heavy (non-hydrogen) atoms. The molecule has 1 saturated carbocycles. The number of aromatic amines is 1. The molecule has 2 aliphatic rings. The average molecular weight is 422 g/mol. The fourth-order valence-electron chi connectivity index (χ4n) is 4.54. The van der Waals surface area contributed by atoms with Gasteiger partial charge in [-0.05, 0) is 49.3 Å². The van der Waals surface area contributed by atoms with Crippen LogP contribution in [-0.2, 0) is 0 Å². The predicted octanol–water partition coefficient (Wildman–Crippen LogP) is 4.66. The van der Waals surface area contributed by atoms with Gasteiger partial charge < -0.3 is 4.74 Å². The highest BCUT2D eigenvalue weighted by Gasteiger charge is 2.41. The highest BCUT2D eigenvalue weighted by Crippen LogP contribution is 2.38.